The Kier molecular flexibility index (Phi) is 3.95. The van der Waals surface area contributed by atoms with Gasteiger partial charge in [0.25, 0.3) is 5.91 Å². The standard InChI is InChI=1S/C16H16FNO/c1-11-8-9-14(17)10-15(11)16(19)18-12(2)13-6-4-3-5-7-13/h3-10,12H,1-2H3,(H,18,19). The molecular weight excluding hydrogens is 241 g/mol. The molecule has 0 aliphatic heterocycles. The van der Waals surface area contributed by atoms with Gasteiger partial charge in [0.15, 0.2) is 0 Å². The van der Waals surface area contributed by atoms with Gasteiger partial charge in [-0.1, -0.05) is 36.4 Å². The Morgan fingerprint density at radius 2 is 1.84 bits per heavy atom. The van der Waals surface area contributed by atoms with Gasteiger partial charge < -0.3 is 5.32 Å². The van der Waals surface area contributed by atoms with Crippen molar-refractivity contribution in [1.29, 1.82) is 0 Å². The highest BCUT2D eigenvalue weighted by Crippen LogP contribution is 2.15. The smallest absolute Gasteiger partial charge is 0.252 e. The third-order valence-electron chi connectivity index (χ3n) is 3.09. The van der Waals surface area contributed by atoms with E-state index in [2.05, 4.69) is 5.32 Å². The molecule has 0 aliphatic rings. The van der Waals surface area contributed by atoms with Crippen molar-refractivity contribution in [2.75, 3.05) is 0 Å². The summed E-state index contributed by atoms with van der Waals surface area (Å²) < 4.78 is 13.2. The summed E-state index contributed by atoms with van der Waals surface area (Å²) in [5.41, 5.74) is 2.16. The lowest BCUT2D eigenvalue weighted by Gasteiger charge is -2.15. The van der Waals surface area contributed by atoms with Crippen LogP contribution in [0.1, 0.15) is 34.5 Å². The fraction of sp³-hybridized carbons (Fsp3) is 0.188. The summed E-state index contributed by atoms with van der Waals surface area (Å²) in [4.78, 5) is 12.1. The van der Waals surface area contributed by atoms with Crippen molar-refractivity contribution in [3.8, 4) is 0 Å². The molecule has 0 radical (unpaired) electrons. The summed E-state index contributed by atoms with van der Waals surface area (Å²) in [5, 5.41) is 2.87. The first-order valence-electron chi connectivity index (χ1n) is 6.20. The van der Waals surface area contributed by atoms with Gasteiger partial charge in [-0.3, -0.25) is 4.79 Å². The van der Waals surface area contributed by atoms with Crippen LogP contribution in [0.5, 0.6) is 0 Å². The third-order valence-corrected chi connectivity index (χ3v) is 3.09. The van der Waals surface area contributed by atoms with Crippen molar-refractivity contribution in [3.63, 3.8) is 0 Å². The van der Waals surface area contributed by atoms with Gasteiger partial charge in [0.2, 0.25) is 0 Å². The SMILES string of the molecule is Cc1ccc(F)cc1C(=O)NC(C)c1ccccc1. The molecule has 19 heavy (non-hydrogen) atoms. The van der Waals surface area contributed by atoms with E-state index in [0.29, 0.717) is 5.56 Å². The number of rotatable bonds is 3. The Morgan fingerprint density at radius 3 is 2.53 bits per heavy atom. The number of amides is 1. The summed E-state index contributed by atoms with van der Waals surface area (Å²) in [6.45, 7) is 3.70. The van der Waals surface area contributed by atoms with Crippen LogP contribution in [0.2, 0.25) is 0 Å². The van der Waals surface area contributed by atoms with Crippen molar-refractivity contribution in [3.05, 3.63) is 71.0 Å². The minimum absolute atomic E-state index is 0.114. The van der Waals surface area contributed by atoms with Gasteiger partial charge in [-0.15, -0.1) is 0 Å². The molecule has 3 heteroatoms. The molecule has 98 valence electrons. The molecule has 2 aromatic carbocycles. The molecule has 1 N–H and O–H groups in total. The van der Waals surface area contributed by atoms with Gasteiger partial charge >= 0.3 is 0 Å². The zero-order valence-electron chi connectivity index (χ0n) is 11.0. The Labute approximate surface area is 112 Å². The van der Waals surface area contributed by atoms with E-state index in [-0.39, 0.29) is 11.9 Å². The van der Waals surface area contributed by atoms with Crippen molar-refractivity contribution in [2.45, 2.75) is 19.9 Å². The van der Waals surface area contributed by atoms with Crippen molar-refractivity contribution < 1.29 is 9.18 Å². The van der Waals surface area contributed by atoms with E-state index in [0.717, 1.165) is 11.1 Å². The molecule has 1 unspecified atom stereocenters. The van der Waals surface area contributed by atoms with Gasteiger partial charge in [0, 0.05) is 5.56 Å². The van der Waals surface area contributed by atoms with E-state index in [1.54, 1.807) is 13.0 Å². The highest BCUT2D eigenvalue weighted by Gasteiger charge is 2.13. The number of hydrogen-bond donors (Lipinski definition) is 1. The second-order valence-electron chi connectivity index (χ2n) is 4.57. The summed E-state index contributed by atoms with van der Waals surface area (Å²) in [6.07, 6.45) is 0. The van der Waals surface area contributed by atoms with E-state index >= 15 is 0 Å². The van der Waals surface area contributed by atoms with Crippen molar-refractivity contribution >= 4 is 5.91 Å². The Morgan fingerprint density at radius 1 is 1.16 bits per heavy atom. The maximum Gasteiger partial charge on any atom is 0.252 e. The van der Waals surface area contributed by atoms with Crippen LogP contribution < -0.4 is 5.32 Å². The van der Waals surface area contributed by atoms with Crippen LogP contribution in [0.25, 0.3) is 0 Å². The molecule has 1 amide bonds. The fourth-order valence-electron chi connectivity index (χ4n) is 1.94. The maximum atomic E-state index is 13.2. The third kappa shape index (κ3) is 3.19. The molecule has 0 bridgehead atoms. The molecule has 2 aromatic rings. The fourth-order valence-corrected chi connectivity index (χ4v) is 1.94. The highest BCUT2D eigenvalue weighted by molar-refractivity contribution is 5.95. The average molecular weight is 257 g/mol. The Hall–Kier alpha value is -2.16. The minimum atomic E-state index is -0.400. The lowest BCUT2D eigenvalue weighted by Crippen LogP contribution is -2.27. The quantitative estimate of drug-likeness (QED) is 0.893. The van der Waals surface area contributed by atoms with E-state index < -0.39 is 5.82 Å². The van der Waals surface area contributed by atoms with Crippen molar-refractivity contribution in [2.24, 2.45) is 0 Å². The monoisotopic (exact) mass is 257 g/mol. The number of halogens is 1. The number of aryl methyl sites for hydroxylation is 1. The first-order chi connectivity index (χ1) is 9.08. The normalized spacial score (nSPS) is 11.9. The van der Waals surface area contributed by atoms with E-state index in [1.807, 2.05) is 37.3 Å². The van der Waals surface area contributed by atoms with Crippen molar-refractivity contribution in [1.82, 2.24) is 5.32 Å². The van der Waals surface area contributed by atoms with Crippen LogP contribution in [0.4, 0.5) is 4.39 Å². The predicted molar refractivity (Wildman–Crippen MR) is 73.5 cm³/mol. The summed E-state index contributed by atoms with van der Waals surface area (Å²) in [5.74, 6) is -0.656. The maximum absolute atomic E-state index is 13.2. The van der Waals surface area contributed by atoms with Gasteiger partial charge in [-0.25, -0.2) is 4.39 Å². The molecule has 2 rings (SSSR count). The number of carbonyl (C=O) groups excluding carboxylic acids is 1. The number of benzene rings is 2. The predicted octanol–water partition coefficient (Wildman–Crippen LogP) is 3.63. The Bertz CT molecular complexity index is 581. The molecule has 2 nitrogen and oxygen atoms in total. The van der Waals surface area contributed by atoms with E-state index in [1.165, 1.54) is 12.1 Å². The van der Waals surface area contributed by atoms with Crippen LogP contribution in [0, 0.1) is 12.7 Å². The van der Waals surface area contributed by atoms with Gasteiger partial charge in [0.05, 0.1) is 6.04 Å². The molecule has 0 heterocycles. The minimum Gasteiger partial charge on any atom is -0.346 e. The largest absolute Gasteiger partial charge is 0.346 e. The lowest BCUT2D eigenvalue weighted by atomic mass is 10.1. The summed E-state index contributed by atoms with van der Waals surface area (Å²) in [7, 11) is 0. The van der Waals surface area contributed by atoms with E-state index in [4.69, 9.17) is 0 Å². The highest BCUT2D eigenvalue weighted by atomic mass is 19.1. The summed E-state index contributed by atoms with van der Waals surface area (Å²) in [6, 6.07) is 13.8. The second-order valence-corrected chi connectivity index (χ2v) is 4.57. The van der Waals surface area contributed by atoms with Crippen LogP contribution >= 0.6 is 0 Å². The molecule has 1 atom stereocenters. The first-order valence-corrected chi connectivity index (χ1v) is 6.20. The molecule has 0 aromatic heterocycles. The molecule has 0 aliphatic carbocycles. The molecule has 0 saturated heterocycles. The lowest BCUT2D eigenvalue weighted by molar-refractivity contribution is 0.0939. The zero-order valence-corrected chi connectivity index (χ0v) is 11.0. The van der Waals surface area contributed by atoms with Crippen LogP contribution in [-0.4, -0.2) is 5.91 Å². The van der Waals surface area contributed by atoms with Gasteiger partial charge in [0.1, 0.15) is 5.82 Å². The van der Waals surface area contributed by atoms with Gasteiger partial charge in [-0.2, -0.15) is 0 Å². The van der Waals surface area contributed by atoms with Crippen LogP contribution in [0.15, 0.2) is 48.5 Å². The first kappa shape index (κ1) is 13.3. The molecule has 0 fully saturated rings. The topological polar surface area (TPSA) is 29.1 Å². The molecule has 0 saturated carbocycles. The van der Waals surface area contributed by atoms with Crippen LogP contribution in [-0.2, 0) is 0 Å². The average Bonchev–Trinajstić information content (AvgIpc) is 2.42. The van der Waals surface area contributed by atoms with Gasteiger partial charge in [-0.05, 0) is 37.1 Å². The zero-order chi connectivity index (χ0) is 13.8. The number of hydrogen-bond acceptors (Lipinski definition) is 1. The number of nitrogens with one attached hydrogen (secondary N) is 1. The second kappa shape index (κ2) is 5.65. The Balaban J connectivity index is 2.15. The van der Waals surface area contributed by atoms with Crippen LogP contribution in [0.3, 0.4) is 0 Å². The summed E-state index contributed by atoms with van der Waals surface area (Å²) >= 11 is 0. The number of carbonyl (C=O) groups is 1. The molecular formula is C16H16FNO. The van der Waals surface area contributed by atoms with E-state index in [9.17, 15) is 9.18 Å². The molecule has 0 spiro atoms.